The highest BCUT2D eigenvalue weighted by atomic mass is 16.5. The van der Waals surface area contributed by atoms with Crippen molar-refractivity contribution in [3.05, 3.63) is 0 Å². The Morgan fingerprint density at radius 2 is 2.20 bits per heavy atom. The third-order valence-electron chi connectivity index (χ3n) is 2.62. The largest absolute Gasteiger partial charge is 0.368 e. The highest BCUT2D eigenvalue weighted by Gasteiger charge is 2.30. The molecule has 1 amide bonds. The van der Waals surface area contributed by atoms with Gasteiger partial charge in [-0.1, -0.05) is 20.8 Å². The maximum atomic E-state index is 11.6. The number of nitrogens with one attached hydrogen (secondary N) is 2. The first-order valence-electron chi connectivity index (χ1n) is 5.74. The van der Waals surface area contributed by atoms with Gasteiger partial charge in [0.1, 0.15) is 6.10 Å². The van der Waals surface area contributed by atoms with Gasteiger partial charge in [-0.2, -0.15) is 0 Å². The molecule has 1 rings (SSSR count). The maximum Gasteiger partial charge on any atom is 0.249 e. The van der Waals surface area contributed by atoms with Crippen LogP contribution in [0.25, 0.3) is 0 Å². The molecule has 0 spiro atoms. The summed E-state index contributed by atoms with van der Waals surface area (Å²) in [6.07, 6.45) is 0.756. The Bertz CT molecular complexity index is 207. The Kier molecular flexibility index (Phi) is 5.05. The lowest BCUT2D eigenvalue weighted by molar-refractivity contribution is -0.131. The van der Waals surface area contributed by atoms with E-state index in [2.05, 4.69) is 31.4 Å². The monoisotopic (exact) mass is 214 g/mol. The van der Waals surface area contributed by atoms with Gasteiger partial charge in [0.2, 0.25) is 5.91 Å². The van der Waals surface area contributed by atoms with Gasteiger partial charge < -0.3 is 15.4 Å². The Morgan fingerprint density at radius 3 is 2.73 bits per heavy atom. The first kappa shape index (κ1) is 12.5. The summed E-state index contributed by atoms with van der Waals surface area (Å²) in [6.45, 7) is 8.43. The fraction of sp³-hybridized carbons (Fsp3) is 0.909. The van der Waals surface area contributed by atoms with Crippen LogP contribution in [0.1, 0.15) is 27.2 Å². The number of hydrogen-bond donors (Lipinski definition) is 2. The van der Waals surface area contributed by atoms with Gasteiger partial charge in [0.25, 0.3) is 0 Å². The van der Waals surface area contributed by atoms with Gasteiger partial charge in [-0.3, -0.25) is 4.79 Å². The van der Waals surface area contributed by atoms with Gasteiger partial charge in [0, 0.05) is 25.7 Å². The summed E-state index contributed by atoms with van der Waals surface area (Å²) in [4.78, 5) is 11.6. The summed E-state index contributed by atoms with van der Waals surface area (Å²) in [7, 11) is 0. The highest BCUT2D eigenvalue weighted by Crippen LogP contribution is 2.19. The molecule has 0 bridgehead atoms. The SMILES string of the molecule is CC(C)NCCNC(=O)C1OCCC1C. The minimum atomic E-state index is -0.232. The maximum absolute atomic E-state index is 11.6. The average Bonchev–Trinajstić information content (AvgIpc) is 2.58. The number of carbonyl (C=O) groups excluding carboxylic acids is 1. The molecule has 15 heavy (non-hydrogen) atoms. The van der Waals surface area contributed by atoms with Gasteiger partial charge in [-0.15, -0.1) is 0 Å². The first-order valence-corrected chi connectivity index (χ1v) is 5.74. The molecular weight excluding hydrogens is 192 g/mol. The number of rotatable bonds is 5. The minimum absolute atomic E-state index is 0.0329. The number of hydrogen-bond acceptors (Lipinski definition) is 3. The van der Waals surface area contributed by atoms with Crippen LogP contribution in [-0.4, -0.2) is 37.7 Å². The zero-order chi connectivity index (χ0) is 11.3. The third-order valence-corrected chi connectivity index (χ3v) is 2.62. The predicted molar refractivity (Wildman–Crippen MR) is 59.7 cm³/mol. The topological polar surface area (TPSA) is 50.4 Å². The van der Waals surface area contributed by atoms with E-state index in [9.17, 15) is 4.79 Å². The van der Waals surface area contributed by atoms with Crippen LogP contribution in [-0.2, 0) is 9.53 Å². The van der Waals surface area contributed by atoms with Crippen LogP contribution in [0.5, 0.6) is 0 Å². The smallest absolute Gasteiger partial charge is 0.249 e. The second-order valence-corrected chi connectivity index (χ2v) is 4.46. The van der Waals surface area contributed by atoms with E-state index in [4.69, 9.17) is 4.74 Å². The molecule has 1 aliphatic rings. The van der Waals surface area contributed by atoms with Gasteiger partial charge in [0.05, 0.1) is 0 Å². The van der Waals surface area contributed by atoms with Crippen molar-refractivity contribution in [2.75, 3.05) is 19.7 Å². The second-order valence-electron chi connectivity index (χ2n) is 4.46. The van der Waals surface area contributed by atoms with Crippen LogP contribution in [0, 0.1) is 5.92 Å². The van der Waals surface area contributed by atoms with Crippen molar-refractivity contribution >= 4 is 5.91 Å². The molecule has 0 saturated carbocycles. The van der Waals surface area contributed by atoms with E-state index in [1.807, 2.05) is 0 Å². The van der Waals surface area contributed by atoms with Crippen molar-refractivity contribution in [2.24, 2.45) is 5.92 Å². The first-order chi connectivity index (χ1) is 7.11. The van der Waals surface area contributed by atoms with Crippen molar-refractivity contribution in [2.45, 2.75) is 39.3 Å². The lowest BCUT2D eigenvalue weighted by atomic mass is 10.0. The zero-order valence-electron chi connectivity index (χ0n) is 9.88. The van der Waals surface area contributed by atoms with Crippen molar-refractivity contribution in [1.82, 2.24) is 10.6 Å². The third kappa shape index (κ3) is 4.18. The summed E-state index contributed by atoms with van der Waals surface area (Å²) in [5.41, 5.74) is 0. The van der Waals surface area contributed by atoms with Crippen LogP contribution in [0.4, 0.5) is 0 Å². The van der Waals surface area contributed by atoms with Crippen molar-refractivity contribution in [1.29, 1.82) is 0 Å². The molecule has 0 aromatic rings. The lowest BCUT2D eigenvalue weighted by Crippen LogP contribution is -2.41. The van der Waals surface area contributed by atoms with Crippen LogP contribution < -0.4 is 10.6 Å². The van der Waals surface area contributed by atoms with Crippen LogP contribution in [0.15, 0.2) is 0 Å². The Labute approximate surface area is 91.8 Å². The molecule has 1 saturated heterocycles. The van der Waals surface area contributed by atoms with Gasteiger partial charge in [-0.25, -0.2) is 0 Å². The molecule has 2 atom stereocenters. The van der Waals surface area contributed by atoms with E-state index < -0.39 is 0 Å². The quantitative estimate of drug-likeness (QED) is 0.656. The Balaban J connectivity index is 2.13. The van der Waals surface area contributed by atoms with E-state index in [0.717, 1.165) is 13.0 Å². The molecule has 1 fully saturated rings. The molecule has 4 heteroatoms. The average molecular weight is 214 g/mol. The molecule has 4 nitrogen and oxygen atoms in total. The second kappa shape index (κ2) is 6.08. The fourth-order valence-electron chi connectivity index (χ4n) is 1.68. The zero-order valence-corrected chi connectivity index (χ0v) is 9.88. The van der Waals surface area contributed by atoms with E-state index in [1.165, 1.54) is 0 Å². The molecule has 2 N–H and O–H groups in total. The van der Waals surface area contributed by atoms with E-state index >= 15 is 0 Å². The van der Waals surface area contributed by atoms with Crippen molar-refractivity contribution < 1.29 is 9.53 Å². The van der Waals surface area contributed by atoms with Gasteiger partial charge in [0.15, 0.2) is 0 Å². The molecule has 1 heterocycles. The number of amides is 1. The molecule has 0 aromatic heterocycles. The molecule has 1 aliphatic heterocycles. The summed E-state index contributed by atoms with van der Waals surface area (Å²) >= 11 is 0. The number of carbonyl (C=O) groups is 1. The molecular formula is C11H22N2O2. The van der Waals surface area contributed by atoms with Crippen molar-refractivity contribution in [3.8, 4) is 0 Å². The molecule has 0 aromatic carbocycles. The molecule has 0 radical (unpaired) electrons. The summed E-state index contributed by atoms with van der Waals surface area (Å²) in [6, 6.07) is 0.462. The van der Waals surface area contributed by atoms with Gasteiger partial charge in [-0.05, 0) is 12.3 Å². The highest BCUT2D eigenvalue weighted by molar-refractivity contribution is 5.81. The van der Waals surface area contributed by atoms with Crippen LogP contribution in [0.2, 0.25) is 0 Å². The van der Waals surface area contributed by atoms with Crippen LogP contribution >= 0.6 is 0 Å². The Hall–Kier alpha value is -0.610. The molecule has 2 unspecified atom stereocenters. The minimum Gasteiger partial charge on any atom is -0.368 e. The lowest BCUT2D eigenvalue weighted by Gasteiger charge is -2.15. The standard InChI is InChI=1S/C11H22N2O2/c1-8(2)12-5-6-13-11(14)10-9(3)4-7-15-10/h8-10,12H,4-7H2,1-3H3,(H,13,14). The predicted octanol–water partition coefficient (Wildman–Crippen LogP) is 0.526. The Morgan fingerprint density at radius 1 is 1.47 bits per heavy atom. The van der Waals surface area contributed by atoms with Crippen molar-refractivity contribution in [3.63, 3.8) is 0 Å². The molecule has 0 aliphatic carbocycles. The molecule has 88 valence electrons. The van der Waals surface area contributed by atoms with Crippen LogP contribution in [0.3, 0.4) is 0 Å². The normalized spacial score (nSPS) is 25.9. The fourth-order valence-corrected chi connectivity index (χ4v) is 1.68. The van der Waals surface area contributed by atoms with E-state index in [1.54, 1.807) is 0 Å². The van der Waals surface area contributed by atoms with E-state index in [-0.39, 0.29) is 12.0 Å². The number of ether oxygens (including phenoxy) is 1. The summed E-state index contributed by atoms with van der Waals surface area (Å²) in [5.74, 6) is 0.383. The van der Waals surface area contributed by atoms with E-state index in [0.29, 0.717) is 25.1 Å². The summed E-state index contributed by atoms with van der Waals surface area (Å²) in [5, 5.41) is 6.13. The summed E-state index contributed by atoms with van der Waals surface area (Å²) < 4.78 is 5.37. The van der Waals surface area contributed by atoms with Gasteiger partial charge >= 0.3 is 0 Å².